The number of carbonyl (C=O) groups excluding carboxylic acids is 1. The molecule has 1 aromatic carbocycles. The summed E-state index contributed by atoms with van der Waals surface area (Å²) in [6.07, 6.45) is 0. The van der Waals surface area contributed by atoms with E-state index in [9.17, 15) is 4.79 Å². The lowest BCUT2D eigenvalue weighted by Gasteiger charge is -2.13. The molecule has 0 heterocycles. The third-order valence-electron chi connectivity index (χ3n) is 2.73. The van der Waals surface area contributed by atoms with E-state index >= 15 is 0 Å². The molecule has 0 saturated heterocycles. The normalized spacial score (nSPS) is 10.6. The Morgan fingerprint density at radius 2 is 2.11 bits per heavy atom. The molecule has 0 bridgehead atoms. The van der Waals surface area contributed by atoms with E-state index in [0.717, 1.165) is 11.3 Å². The van der Waals surface area contributed by atoms with Gasteiger partial charge in [0.1, 0.15) is 12.4 Å². The summed E-state index contributed by atoms with van der Waals surface area (Å²) in [4.78, 5) is 11.2. The fraction of sp³-hybridized carbons (Fsp3) is 0.500. The number of hydrogen-bond acceptors (Lipinski definition) is 4. The van der Waals surface area contributed by atoms with Gasteiger partial charge in [0.25, 0.3) is 5.91 Å². The maximum absolute atomic E-state index is 11.2. The molecule has 0 aliphatic rings. The Balaban J connectivity index is 2.60. The van der Waals surface area contributed by atoms with E-state index in [1.807, 2.05) is 12.1 Å². The highest BCUT2D eigenvalue weighted by molar-refractivity contribution is 5.76. The summed E-state index contributed by atoms with van der Waals surface area (Å²) in [6, 6.07) is 6.04. The Hall–Kier alpha value is -1.59. The summed E-state index contributed by atoms with van der Waals surface area (Å²) in [5.74, 6) is 1.03. The molecule has 5 heteroatoms. The number of ether oxygens (including phenoxy) is 2. The number of carbonyl (C=O) groups is 1. The van der Waals surface area contributed by atoms with E-state index in [0.29, 0.717) is 12.5 Å². The lowest BCUT2D eigenvalue weighted by molar-refractivity contribution is -0.126. The molecular formula is C14H22N2O3. The number of nitrogens with one attached hydrogen (secondary N) is 2. The zero-order chi connectivity index (χ0) is 14.3. The van der Waals surface area contributed by atoms with Crippen LogP contribution in [0.1, 0.15) is 30.9 Å². The van der Waals surface area contributed by atoms with E-state index in [2.05, 4.69) is 30.8 Å². The van der Waals surface area contributed by atoms with E-state index in [1.54, 1.807) is 14.2 Å². The first-order valence-corrected chi connectivity index (χ1v) is 6.28. The van der Waals surface area contributed by atoms with Crippen LogP contribution in [0.25, 0.3) is 0 Å². The molecule has 5 nitrogen and oxygen atoms in total. The molecule has 0 spiro atoms. The first kappa shape index (κ1) is 15.5. The molecule has 0 saturated carbocycles. The van der Waals surface area contributed by atoms with Gasteiger partial charge in [0.05, 0.1) is 13.7 Å². The molecule has 19 heavy (non-hydrogen) atoms. The van der Waals surface area contributed by atoms with Gasteiger partial charge < -0.3 is 9.47 Å². The minimum Gasteiger partial charge on any atom is -0.496 e. The number of hydrazine groups is 1. The van der Waals surface area contributed by atoms with Crippen molar-refractivity contribution in [3.8, 4) is 5.75 Å². The average molecular weight is 266 g/mol. The number of methoxy groups -OCH3 is 1. The Morgan fingerprint density at radius 1 is 1.37 bits per heavy atom. The van der Waals surface area contributed by atoms with Crippen LogP contribution in [-0.2, 0) is 16.1 Å². The van der Waals surface area contributed by atoms with Crippen molar-refractivity contribution in [3.05, 3.63) is 29.3 Å². The van der Waals surface area contributed by atoms with Crippen molar-refractivity contribution in [3.63, 3.8) is 0 Å². The van der Waals surface area contributed by atoms with E-state index in [4.69, 9.17) is 9.47 Å². The van der Waals surface area contributed by atoms with Gasteiger partial charge in [-0.15, -0.1) is 0 Å². The van der Waals surface area contributed by atoms with E-state index < -0.39 is 0 Å². The molecule has 0 radical (unpaired) electrons. The Bertz CT molecular complexity index is 419. The average Bonchev–Trinajstić information content (AvgIpc) is 2.39. The first-order chi connectivity index (χ1) is 9.08. The van der Waals surface area contributed by atoms with Gasteiger partial charge in [0.15, 0.2) is 0 Å². The number of amides is 1. The molecule has 0 aromatic heterocycles. The van der Waals surface area contributed by atoms with Gasteiger partial charge in [0.2, 0.25) is 0 Å². The second kappa shape index (κ2) is 7.76. The number of benzene rings is 1. The van der Waals surface area contributed by atoms with Crippen LogP contribution in [0.5, 0.6) is 5.75 Å². The van der Waals surface area contributed by atoms with Gasteiger partial charge in [0, 0.05) is 12.6 Å². The van der Waals surface area contributed by atoms with Gasteiger partial charge >= 0.3 is 0 Å². The molecule has 2 N–H and O–H groups in total. The first-order valence-electron chi connectivity index (χ1n) is 6.28. The maximum atomic E-state index is 11.2. The van der Waals surface area contributed by atoms with Crippen molar-refractivity contribution in [1.29, 1.82) is 0 Å². The third kappa shape index (κ3) is 4.89. The van der Waals surface area contributed by atoms with Crippen LogP contribution >= 0.6 is 0 Å². The quantitative estimate of drug-likeness (QED) is 0.736. The lowest BCUT2D eigenvalue weighted by atomic mass is 10.0. The zero-order valence-electron chi connectivity index (χ0n) is 11.9. The summed E-state index contributed by atoms with van der Waals surface area (Å²) >= 11 is 0. The van der Waals surface area contributed by atoms with Crippen LogP contribution in [0.2, 0.25) is 0 Å². The highest BCUT2D eigenvalue weighted by atomic mass is 16.5. The molecule has 1 rings (SSSR count). The number of rotatable bonds is 7. The predicted octanol–water partition coefficient (Wildman–Crippen LogP) is 1.59. The van der Waals surface area contributed by atoms with Gasteiger partial charge in [-0.05, 0) is 17.5 Å². The molecule has 1 amide bonds. The minimum absolute atomic E-state index is 0.00985. The van der Waals surface area contributed by atoms with Gasteiger partial charge in [-0.3, -0.25) is 10.2 Å². The van der Waals surface area contributed by atoms with Crippen LogP contribution in [0.3, 0.4) is 0 Å². The molecule has 1 aromatic rings. The van der Waals surface area contributed by atoms with Gasteiger partial charge in [-0.1, -0.05) is 26.0 Å². The molecular weight excluding hydrogens is 244 g/mol. The molecule has 0 unspecified atom stereocenters. The predicted molar refractivity (Wildman–Crippen MR) is 73.9 cm³/mol. The highest BCUT2D eigenvalue weighted by Crippen LogP contribution is 2.25. The van der Waals surface area contributed by atoms with Crippen molar-refractivity contribution in [2.75, 3.05) is 20.8 Å². The summed E-state index contributed by atoms with van der Waals surface area (Å²) in [6.45, 7) is 4.62. The minimum atomic E-state index is -0.208. The number of hydrogen-bond donors (Lipinski definition) is 2. The largest absolute Gasteiger partial charge is 0.496 e. The summed E-state index contributed by atoms with van der Waals surface area (Å²) < 4.78 is 10.7. The van der Waals surface area contributed by atoms with Crippen LogP contribution in [0.4, 0.5) is 0 Å². The molecule has 106 valence electrons. The van der Waals surface area contributed by atoms with Crippen molar-refractivity contribution < 1.29 is 14.3 Å². The van der Waals surface area contributed by atoms with Crippen LogP contribution in [0.15, 0.2) is 18.2 Å². The molecule has 0 fully saturated rings. The smallest absolute Gasteiger partial charge is 0.260 e. The summed E-state index contributed by atoms with van der Waals surface area (Å²) in [5, 5.41) is 0. The topological polar surface area (TPSA) is 59.6 Å². The Kier molecular flexibility index (Phi) is 6.32. The maximum Gasteiger partial charge on any atom is 0.260 e. The van der Waals surface area contributed by atoms with Gasteiger partial charge in [-0.2, -0.15) is 0 Å². The molecule has 0 aliphatic carbocycles. The fourth-order valence-corrected chi connectivity index (χ4v) is 1.67. The summed E-state index contributed by atoms with van der Waals surface area (Å²) in [7, 11) is 3.27. The van der Waals surface area contributed by atoms with Crippen LogP contribution < -0.4 is 15.6 Å². The summed E-state index contributed by atoms with van der Waals surface area (Å²) in [5.41, 5.74) is 7.14. The fourth-order valence-electron chi connectivity index (χ4n) is 1.67. The van der Waals surface area contributed by atoms with Crippen molar-refractivity contribution in [1.82, 2.24) is 10.9 Å². The van der Waals surface area contributed by atoms with E-state index in [-0.39, 0.29) is 12.5 Å². The van der Waals surface area contributed by atoms with Crippen molar-refractivity contribution in [2.24, 2.45) is 0 Å². The second-order valence-electron chi connectivity index (χ2n) is 4.52. The van der Waals surface area contributed by atoms with Crippen LogP contribution in [0, 0.1) is 0 Å². The van der Waals surface area contributed by atoms with Crippen LogP contribution in [-0.4, -0.2) is 26.7 Å². The monoisotopic (exact) mass is 266 g/mol. The van der Waals surface area contributed by atoms with E-state index in [1.165, 1.54) is 5.56 Å². The third-order valence-corrected chi connectivity index (χ3v) is 2.73. The molecule has 0 aliphatic heterocycles. The lowest BCUT2D eigenvalue weighted by Crippen LogP contribution is -2.36. The van der Waals surface area contributed by atoms with Crippen molar-refractivity contribution >= 4 is 5.91 Å². The Labute approximate surface area is 114 Å². The standard InChI is InChI=1S/C14H22N2O3/c1-10(2)11-5-6-12(13(7-11)18-4)8-19-9-14(17)16-15-3/h5-7,10,15H,8-9H2,1-4H3,(H,16,17). The Morgan fingerprint density at radius 3 is 2.68 bits per heavy atom. The van der Waals surface area contributed by atoms with Gasteiger partial charge in [-0.25, -0.2) is 5.43 Å². The molecule has 0 atom stereocenters. The second-order valence-corrected chi connectivity index (χ2v) is 4.52. The zero-order valence-corrected chi connectivity index (χ0v) is 11.9. The van der Waals surface area contributed by atoms with Crippen molar-refractivity contribution in [2.45, 2.75) is 26.4 Å². The SMILES string of the molecule is CNNC(=O)COCc1ccc(C(C)C)cc1OC. The highest BCUT2D eigenvalue weighted by Gasteiger charge is 2.08.